The first-order valence-electron chi connectivity index (χ1n) is 10.5. The Labute approximate surface area is 174 Å². The van der Waals surface area contributed by atoms with Gasteiger partial charge in [0.15, 0.2) is 5.82 Å². The van der Waals surface area contributed by atoms with Crippen molar-refractivity contribution in [3.05, 3.63) is 35.0 Å². The molecule has 7 heteroatoms. The highest BCUT2D eigenvalue weighted by atomic mass is 32.1. The van der Waals surface area contributed by atoms with Crippen LogP contribution < -0.4 is 4.90 Å². The largest absolute Gasteiger partial charge is 0.393 e. The minimum atomic E-state index is -0.379. The Morgan fingerprint density at radius 2 is 2.21 bits per heavy atom. The molecule has 1 aliphatic heterocycles. The molecule has 3 aromatic rings. The second-order valence-electron chi connectivity index (χ2n) is 8.01. The predicted octanol–water partition coefficient (Wildman–Crippen LogP) is 3.61. The molecule has 152 valence electrons. The van der Waals surface area contributed by atoms with Crippen LogP contribution in [0.5, 0.6) is 0 Å². The molecule has 1 aliphatic carbocycles. The standard InChI is InChI=1S/C22H26N4O2S/c1-14(27)11-16-13-28-10-9-26(16)21-19-17-6-2-3-7-18(17)29-22(19)25-20(24-21)15-5-4-8-23-12-15/h4-5,8,12,14,16,27H,2-3,6-7,9-11,13H2,1H3. The van der Waals surface area contributed by atoms with Gasteiger partial charge in [-0.3, -0.25) is 4.98 Å². The SMILES string of the molecule is CC(O)CC1COCCN1c1nc(-c2cccnc2)nc2sc3c(c12)CCCC3. The van der Waals surface area contributed by atoms with E-state index in [-0.39, 0.29) is 12.1 Å². The molecule has 1 N–H and O–H groups in total. The molecule has 6 nitrogen and oxygen atoms in total. The normalized spacial score (nSPS) is 20.6. The molecule has 2 unspecified atom stereocenters. The third-order valence-corrected chi connectivity index (χ3v) is 7.01. The molecule has 3 aromatic heterocycles. The first kappa shape index (κ1) is 18.9. The molecule has 29 heavy (non-hydrogen) atoms. The topological polar surface area (TPSA) is 71.4 Å². The van der Waals surface area contributed by atoms with Crippen molar-refractivity contribution >= 4 is 27.4 Å². The minimum absolute atomic E-state index is 0.114. The van der Waals surface area contributed by atoms with Crippen molar-refractivity contribution in [3.8, 4) is 11.4 Å². The van der Waals surface area contributed by atoms with E-state index < -0.39 is 0 Å². The molecular weight excluding hydrogens is 384 g/mol. The number of thiophene rings is 1. The fraction of sp³-hybridized carbons (Fsp3) is 0.500. The molecule has 0 radical (unpaired) electrons. The molecule has 0 amide bonds. The maximum Gasteiger partial charge on any atom is 0.164 e. The van der Waals surface area contributed by atoms with Crippen LogP contribution >= 0.6 is 11.3 Å². The average Bonchev–Trinajstić information content (AvgIpc) is 3.12. The van der Waals surface area contributed by atoms with E-state index in [4.69, 9.17) is 14.7 Å². The number of pyridine rings is 1. The van der Waals surface area contributed by atoms with Crippen molar-refractivity contribution in [1.82, 2.24) is 15.0 Å². The molecule has 5 rings (SSSR count). The van der Waals surface area contributed by atoms with Crippen molar-refractivity contribution in [2.24, 2.45) is 0 Å². The van der Waals surface area contributed by atoms with E-state index in [1.807, 2.05) is 36.6 Å². The van der Waals surface area contributed by atoms with Gasteiger partial charge in [0.25, 0.3) is 0 Å². The quantitative estimate of drug-likeness (QED) is 0.709. The Kier molecular flexibility index (Phi) is 5.20. The number of aliphatic hydroxyl groups is 1. The summed E-state index contributed by atoms with van der Waals surface area (Å²) >= 11 is 1.82. The smallest absolute Gasteiger partial charge is 0.164 e. The number of anilines is 1. The second kappa shape index (κ2) is 7.97. The lowest BCUT2D eigenvalue weighted by molar-refractivity contribution is 0.0719. The average molecular weight is 411 g/mol. The molecule has 1 fully saturated rings. The van der Waals surface area contributed by atoms with Gasteiger partial charge in [-0.15, -0.1) is 11.3 Å². The van der Waals surface area contributed by atoms with E-state index in [9.17, 15) is 5.11 Å². The fourth-order valence-electron chi connectivity index (χ4n) is 4.49. The van der Waals surface area contributed by atoms with Crippen LogP contribution in [0.2, 0.25) is 0 Å². The van der Waals surface area contributed by atoms with Gasteiger partial charge in [-0.05, 0) is 56.7 Å². The summed E-state index contributed by atoms with van der Waals surface area (Å²) in [4.78, 5) is 19.2. The van der Waals surface area contributed by atoms with Gasteiger partial charge in [0.05, 0.1) is 30.7 Å². The molecule has 0 aromatic carbocycles. The summed E-state index contributed by atoms with van der Waals surface area (Å²) in [5.41, 5.74) is 2.37. The number of fused-ring (bicyclic) bond motifs is 3. The number of ether oxygens (including phenoxy) is 1. The molecule has 2 atom stereocenters. The van der Waals surface area contributed by atoms with E-state index in [1.54, 1.807) is 6.20 Å². The lowest BCUT2D eigenvalue weighted by Crippen LogP contribution is -2.47. The van der Waals surface area contributed by atoms with E-state index in [2.05, 4.69) is 9.88 Å². The first-order valence-corrected chi connectivity index (χ1v) is 11.3. The van der Waals surface area contributed by atoms with Gasteiger partial charge in [0.2, 0.25) is 0 Å². The van der Waals surface area contributed by atoms with Gasteiger partial charge in [-0.1, -0.05) is 0 Å². The van der Waals surface area contributed by atoms with E-state index in [0.717, 1.165) is 41.4 Å². The van der Waals surface area contributed by atoms with Gasteiger partial charge in [-0.2, -0.15) is 0 Å². The van der Waals surface area contributed by atoms with E-state index in [0.29, 0.717) is 19.6 Å². The minimum Gasteiger partial charge on any atom is -0.393 e. The highest BCUT2D eigenvalue weighted by molar-refractivity contribution is 7.19. The van der Waals surface area contributed by atoms with Crippen molar-refractivity contribution < 1.29 is 9.84 Å². The Balaban J connectivity index is 1.69. The van der Waals surface area contributed by atoms with Crippen molar-refractivity contribution in [3.63, 3.8) is 0 Å². The maximum absolute atomic E-state index is 10.0. The zero-order valence-electron chi connectivity index (χ0n) is 16.7. The van der Waals surface area contributed by atoms with Crippen LogP contribution in [0.3, 0.4) is 0 Å². The van der Waals surface area contributed by atoms with Crippen molar-refractivity contribution in [2.45, 2.75) is 51.2 Å². The van der Waals surface area contributed by atoms with Crippen LogP contribution in [0.25, 0.3) is 21.6 Å². The van der Waals surface area contributed by atoms with Crippen LogP contribution in [-0.2, 0) is 17.6 Å². The van der Waals surface area contributed by atoms with Crippen LogP contribution in [0, 0.1) is 0 Å². The second-order valence-corrected chi connectivity index (χ2v) is 9.09. The summed E-state index contributed by atoms with van der Waals surface area (Å²) in [5, 5.41) is 11.3. The third-order valence-electron chi connectivity index (χ3n) is 5.83. The van der Waals surface area contributed by atoms with Gasteiger partial charge < -0.3 is 14.7 Å². The molecular formula is C22H26N4O2S. The number of aliphatic hydroxyl groups excluding tert-OH is 1. The molecule has 1 saturated heterocycles. The molecule has 4 heterocycles. The summed E-state index contributed by atoms with van der Waals surface area (Å²) in [6, 6.07) is 4.05. The summed E-state index contributed by atoms with van der Waals surface area (Å²) in [5.74, 6) is 1.73. The number of nitrogens with zero attached hydrogens (tertiary/aromatic N) is 4. The molecule has 0 spiro atoms. The third kappa shape index (κ3) is 3.63. The Hall–Kier alpha value is -2.09. The van der Waals surface area contributed by atoms with Crippen LogP contribution in [0.1, 0.15) is 36.6 Å². The summed E-state index contributed by atoms with van der Waals surface area (Å²) in [6.45, 7) is 3.91. The van der Waals surface area contributed by atoms with Gasteiger partial charge >= 0.3 is 0 Å². The summed E-state index contributed by atoms with van der Waals surface area (Å²) < 4.78 is 5.75. The van der Waals surface area contributed by atoms with Gasteiger partial charge in [0, 0.05) is 29.4 Å². The van der Waals surface area contributed by atoms with Crippen LogP contribution in [-0.4, -0.2) is 52.0 Å². The highest BCUT2D eigenvalue weighted by Gasteiger charge is 2.30. The number of hydrogen-bond donors (Lipinski definition) is 1. The number of morpholine rings is 1. The zero-order chi connectivity index (χ0) is 19.8. The monoisotopic (exact) mass is 410 g/mol. The number of aromatic nitrogens is 3. The molecule has 0 saturated carbocycles. The maximum atomic E-state index is 10.0. The fourth-order valence-corrected chi connectivity index (χ4v) is 5.75. The van der Waals surface area contributed by atoms with Crippen molar-refractivity contribution in [1.29, 1.82) is 0 Å². The van der Waals surface area contributed by atoms with Crippen molar-refractivity contribution in [2.75, 3.05) is 24.7 Å². The Morgan fingerprint density at radius 3 is 3.03 bits per heavy atom. The van der Waals surface area contributed by atoms with Gasteiger partial charge in [-0.25, -0.2) is 9.97 Å². The lowest BCUT2D eigenvalue weighted by Gasteiger charge is -2.37. The summed E-state index contributed by atoms with van der Waals surface area (Å²) in [7, 11) is 0. The number of aryl methyl sites for hydroxylation is 2. The van der Waals surface area contributed by atoms with Gasteiger partial charge in [0.1, 0.15) is 10.6 Å². The highest BCUT2D eigenvalue weighted by Crippen LogP contribution is 2.41. The number of hydrogen-bond acceptors (Lipinski definition) is 7. The zero-order valence-corrected chi connectivity index (χ0v) is 17.5. The van der Waals surface area contributed by atoms with E-state index in [1.165, 1.54) is 28.7 Å². The predicted molar refractivity (Wildman–Crippen MR) is 116 cm³/mol. The molecule has 2 aliphatic rings. The Bertz CT molecular complexity index is 1000. The van der Waals surface area contributed by atoms with Crippen LogP contribution in [0.4, 0.5) is 5.82 Å². The lowest BCUT2D eigenvalue weighted by atomic mass is 9.96. The van der Waals surface area contributed by atoms with Crippen LogP contribution in [0.15, 0.2) is 24.5 Å². The molecule has 0 bridgehead atoms. The first-order chi connectivity index (χ1) is 14.2. The summed E-state index contributed by atoms with van der Waals surface area (Å²) in [6.07, 6.45) is 8.60. The number of rotatable bonds is 4. The Morgan fingerprint density at radius 1 is 1.31 bits per heavy atom. The van der Waals surface area contributed by atoms with E-state index >= 15 is 0 Å².